The maximum absolute atomic E-state index is 13.0. The van der Waals surface area contributed by atoms with Gasteiger partial charge in [-0.3, -0.25) is 4.79 Å². The molecule has 0 atom stereocenters. The summed E-state index contributed by atoms with van der Waals surface area (Å²) in [5.41, 5.74) is 3.05. The Bertz CT molecular complexity index is 1120. The number of rotatable bonds is 6. The van der Waals surface area contributed by atoms with Gasteiger partial charge in [-0.05, 0) is 60.5 Å². The van der Waals surface area contributed by atoms with E-state index in [0.717, 1.165) is 5.56 Å². The Morgan fingerprint density at radius 3 is 2.47 bits per heavy atom. The number of hydrogen-bond donors (Lipinski definition) is 1. The molecule has 0 fully saturated rings. The number of aryl methyl sites for hydroxylation is 1. The topological polar surface area (TPSA) is 62.1 Å². The highest BCUT2D eigenvalue weighted by Gasteiger charge is 2.11. The molecule has 0 aromatic heterocycles. The van der Waals surface area contributed by atoms with Crippen molar-refractivity contribution in [1.29, 1.82) is 5.26 Å². The fourth-order valence-electron chi connectivity index (χ4n) is 2.62. The Kier molecular flexibility index (Phi) is 6.84. The van der Waals surface area contributed by atoms with Crippen LogP contribution in [0.4, 0.5) is 10.1 Å². The zero-order valence-electron chi connectivity index (χ0n) is 16.2. The quantitative estimate of drug-likeness (QED) is 0.398. The van der Waals surface area contributed by atoms with Crippen molar-refractivity contribution in [1.82, 2.24) is 0 Å². The van der Waals surface area contributed by atoms with Crippen LogP contribution < -0.4 is 10.1 Å². The second kappa shape index (κ2) is 9.73. The van der Waals surface area contributed by atoms with Crippen molar-refractivity contribution in [2.75, 3.05) is 5.32 Å². The predicted octanol–water partition coefficient (Wildman–Crippen LogP) is 5.91. The molecule has 1 N–H and O–H groups in total. The summed E-state index contributed by atoms with van der Waals surface area (Å²) in [6.45, 7) is 2.39. The molecule has 0 radical (unpaired) electrons. The number of nitriles is 1. The first-order valence-corrected chi connectivity index (χ1v) is 9.49. The van der Waals surface area contributed by atoms with Gasteiger partial charge in [0.05, 0.1) is 5.02 Å². The van der Waals surface area contributed by atoms with E-state index in [1.54, 1.807) is 18.2 Å². The van der Waals surface area contributed by atoms with E-state index >= 15 is 0 Å². The normalized spacial score (nSPS) is 10.9. The summed E-state index contributed by atoms with van der Waals surface area (Å²) in [6, 6.07) is 20.1. The van der Waals surface area contributed by atoms with Gasteiger partial charge in [-0.15, -0.1) is 0 Å². The van der Waals surface area contributed by atoms with Crippen molar-refractivity contribution in [2.24, 2.45) is 0 Å². The Labute approximate surface area is 179 Å². The molecule has 150 valence electrons. The van der Waals surface area contributed by atoms with Crippen LogP contribution in [0.5, 0.6) is 5.75 Å². The highest BCUT2D eigenvalue weighted by Crippen LogP contribution is 2.27. The van der Waals surface area contributed by atoms with E-state index < -0.39 is 11.7 Å². The molecule has 0 unspecified atom stereocenters. The second-order valence-electron chi connectivity index (χ2n) is 6.59. The molecule has 0 saturated heterocycles. The lowest BCUT2D eigenvalue weighted by Gasteiger charge is -2.09. The van der Waals surface area contributed by atoms with Gasteiger partial charge in [0.25, 0.3) is 5.91 Å². The van der Waals surface area contributed by atoms with E-state index in [4.69, 9.17) is 16.3 Å². The van der Waals surface area contributed by atoms with E-state index in [-0.39, 0.29) is 5.57 Å². The largest absolute Gasteiger partial charge is 0.487 e. The number of carbonyl (C=O) groups is 1. The molecule has 0 saturated carbocycles. The number of carbonyl (C=O) groups excluding carboxylic acids is 1. The first-order valence-electron chi connectivity index (χ1n) is 9.11. The molecule has 4 nitrogen and oxygen atoms in total. The second-order valence-corrected chi connectivity index (χ2v) is 7.00. The lowest BCUT2D eigenvalue weighted by molar-refractivity contribution is -0.112. The zero-order valence-corrected chi connectivity index (χ0v) is 16.9. The summed E-state index contributed by atoms with van der Waals surface area (Å²) < 4.78 is 18.7. The SMILES string of the molecule is Cc1ccc(COc2ccc(/C=C(\C#N)C(=O)Nc3ccc(F)cc3)cc2Cl)cc1. The van der Waals surface area contributed by atoms with Crippen molar-refractivity contribution >= 4 is 29.3 Å². The summed E-state index contributed by atoms with van der Waals surface area (Å²) in [7, 11) is 0. The first-order chi connectivity index (χ1) is 14.4. The highest BCUT2D eigenvalue weighted by atomic mass is 35.5. The van der Waals surface area contributed by atoms with Gasteiger partial charge in [-0.2, -0.15) is 5.26 Å². The van der Waals surface area contributed by atoms with Crippen LogP contribution >= 0.6 is 11.6 Å². The number of ether oxygens (including phenoxy) is 1. The highest BCUT2D eigenvalue weighted by molar-refractivity contribution is 6.32. The van der Waals surface area contributed by atoms with Crippen LogP contribution in [-0.2, 0) is 11.4 Å². The molecule has 0 aliphatic carbocycles. The minimum absolute atomic E-state index is 0.108. The number of benzene rings is 3. The molecule has 3 rings (SSSR count). The van der Waals surface area contributed by atoms with Gasteiger partial charge in [-0.1, -0.05) is 47.5 Å². The van der Waals surface area contributed by atoms with Crippen LogP contribution in [0.1, 0.15) is 16.7 Å². The van der Waals surface area contributed by atoms with Crippen molar-refractivity contribution in [3.63, 3.8) is 0 Å². The van der Waals surface area contributed by atoms with E-state index in [2.05, 4.69) is 5.32 Å². The summed E-state index contributed by atoms with van der Waals surface area (Å²) in [4.78, 5) is 12.3. The van der Waals surface area contributed by atoms with Crippen LogP contribution in [0.3, 0.4) is 0 Å². The average molecular weight is 421 g/mol. The summed E-state index contributed by atoms with van der Waals surface area (Å²) in [5.74, 6) is -0.507. The lowest BCUT2D eigenvalue weighted by atomic mass is 10.1. The number of halogens is 2. The minimum Gasteiger partial charge on any atom is -0.487 e. The standard InChI is InChI=1S/C24H18ClFN2O2/c1-16-2-4-17(5-3-16)15-30-23-11-6-18(13-22(23)25)12-19(14-27)24(29)28-21-9-7-20(26)8-10-21/h2-13H,15H2,1H3,(H,28,29)/b19-12+. The van der Waals surface area contributed by atoms with Crippen LogP contribution in [-0.4, -0.2) is 5.91 Å². The predicted molar refractivity (Wildman–Crippen MR) is 116 cm³/mol. The van der Waals surface area contributed by atoms with E-state index in [1.165, 1.54) is 35.9 Å². The molecule has 3 aromatic carbocycles. The van der Waals surface area contributed by atoms with Gasteiger partial charge in [0.2, 0.25) is 0 Å². The molecule has 0 spiro atoms. The Morgan fingerprint density at radius 1 is 1.13 bits per heavy atom. The van der Waals surface area contributed by atoms with Crippen LogP contribution in [0, 0.1) is 24.1 Å². The third-order valence-electron chi connectivity index (χ3n) is 4.25. The minimum atomic E-state index is -0.597. The molecule has 0 bridgehead atoms. The van der Waals surface area contributed by atoms with Crippen LogP contribution in [0.25, 0.3) is 6.08 Å². The average Bonchev–Trinajstić information content (AvgIpc) is 2.74. The molecule has 0 aliphatic rings. The Hall–Kier alpha value is -3.62. The van der Waals surface area contributed by atoms with E-state index in [1.807, 2.05) is 37.3 Å². The van der Waals surface area contributed by atoms with Crippen molar-refractivity contribution in [2.45, 2.75) is 13.5 Å². The molecule has 30 heavy (non-hydrogen) atoms. The fourth-order valence-corrected chi connectivity index (χ4v) is 2.86. The summed E-state index contributed by atoms with van der Waals surface area (Å²) >= 11 is 6.30. The molecule has 6 heteroatoms. The van der Waals surface area contributed by atoms with E-state index in [9.17, 15) is 14.4 Å². The number of anilines is 1. The van der Waals surface area contributed by atoms with Gasteiger partial charge in [-0.25, -0.2) is 4.39 Å². The molecule has 1 amide bonds. The van der Waals surface area contributed by atoms with E-state index in [0.29, 0.717) is 28.6 Å². The van der Waals surface area contributed by atoms with Gasteiger partial charge in [0, 0.05) is 5.69 Å². The fraction of sp³-hybridized carbons (Fsp3) is 0.0833. The number of amides is 1. The molecular weight excluding hydrogens is 403 g/mol. The Morgan fingerprint density at radius 2 is 1.83 bits per heavy atom. The first kappa shape index (κ1) is 21.1. The maximum Gasteiger partial charge on any atom is 0.266 e. The molecule has 3 aromatic rings. The number of hydrogen-bond acceptors (Lipinski definition) is 3. The van der Waals surface area contributed by atoms with Crippen molar-refractivity contribution in [3.05, 3.63) is 99.8 Å². The lowest BCUT2D eigenvalue weighted by Crippen LogP contribution is -2.13. The van der Waals surface area contributed by atoms with Crippen molar-refractivity contribution < 1.29 is 13.9 Å². The summed E-state index contributed by atoms with van der Waals surface area (Å²) in [6.07, 6.45) is 1.43. The Balaban J connectivity index is 1.69. The van der Waals surface area contributed by atoms with Gasteiger partial charge < -0.3 is 10.1 Å². The van der Waals surface area contributed by atoms with Crippen LogP contribution in [0.15, 0.2) is 72.3 Å². The molecular formula is C24H18ClFN2O2. The molecule has 0 aliphatic heterocycles. The monoisotopic (exact) mass is 420 g/mol. The third kappa shape index (κ3) is 5.69. The van der Waals surface area contributed by atoms with Crippen LogP contribution in [0.2, 0.25) is 5.02 Å². The van der Waals surface area contributed by atoms with Gasteiger partial charge >= 0.3 is 0 Å². The van der Waals surface area contributed by atoms with Gasteiger partial charge in [0.1, 0.15) is 29.8 Å². The van der Waals surface area contributed by atoms with Gasteiger partial charge in [0.15, 0.2) is 0 Å². The number of nitrogens with one attached hydrogen (secondary N) is 1. The number of nitrogens with zero attached hydrogens (tertiary/aromatic N) is 1. The van der Waals surface area contributed by atoms with Crippen molar-refractivity contribution in [3.8, 4) is 11.8 Å². The smallest absolute Gasteiger partial charge is 0.266 e. The summed E-state index contributed by atoms with van der Waals surface area (Å²) in [5, 5.41) is 12.3. The zero-order chi connectivity index (χ0) is 21.5. The third-order valence-corrected chi connectivity index (χ3v) is 4.54. The maximum atomic E-state index is 13.0. The molecule has 0 heterocycles.